The molecule has 1 amide bonds. The molecule has 5 rings (SSSR count). The summed E-state index contributed by atoms with van der Waals surface area (Å²) in [5, 5.41) is 8.65. The van der Waals surface area contributed by atoms with Gasteiger partial charge >= 0.3 is 0 Å². The maximum Gasteiger partial charge on any atom is 0.252 e. The van der Waals surface area contributed by atoms with Gasteiger partial charge in [0.15, 0.2) is 5.65 Å². The number of carbonyl (C=O) groups is 1. The Kier molecular flexibility index (Phi) is 5.68. The Bertz CT molecular complexity index is 1320. The van der Waals surface area contributed by atoms with Crippen molar-refractivity contribution in [3.8, 4) is 5.69 Å². The molecular formula is C27H29N5O. The van der Waals surface area contributed by atoms with Crippen molar-refractivity contribution in [3.63, 3.8) is 0 Å². The van der Waals surface area contributed by atoms with Crippen molar-refractivity contribution in [1.29, 1.82) is 0 Å². The Hall–Kier alpha value is -3.51. The monoisotopic (exact) mass is 439 g/mol. The molecular weight excluding hydrogens is 410 g/mol. The second-order valence-corrected chi connectivity index (χ2v) is 8.89. The summed E-state index contributed by atoms with van der Waals surface area (Å²) < 4.78 is 1.83. The molecule has 0 atom stereocenters. The van der Waals surface area contributed by atoms with Gasteiger partial charge in [-0.25, -0.2) is 9.67 Å². The standard InChI is InChI=1S/C27H29N5O/c1-18-8-10-23(11-9-18)32-26-25(20(3)30-32)24(16-19(2)29-26)27(33)28-13-15-31-14-12-21-6-4-5-7-22(21)17-31/h4-11,16H,12-15,17H2,1-3H3,(H,28,33). The fourth-order valence-electron chi connectivity index (χ4n) is 4.63. The van der Waals surface area contributed by atoms with Gasteiger partial charge in [0, 0.05) is 31.9 Å². The number of amides is 1. The van der Waals surface area contributed by atoms with Crippen LogP contribution in [-0.2, 0) is 13.0 Å². The second-order valence-electron chi connectivity index (χ2n) is 8.89. The Balaban J connectivity index is 1.34. The van der Waals surface area contributed by atoms with E-state index in [2.05, 4.69) is 53.5 Å². The first-order valence-electron chi connectivity index (χ1n) is 11.5. The zero-order chi connectivity index (χ0) is 22.9. The average Bonchev–Trinajstić information content (AvgIpc) is 3.15. The first kappa shape index (κ1) is 21.3. The molecule has 2 aromatic heterocycles. The van der Waals surface area contributed by atoms with Crippen LogP contribution in [0, 0.1) is 20.8 Å². The molecule has 1 aliphatic heterocycles. The minimum Gasteiger partial charge on any atom is -0.351 e. The SMILES string of the molecule is Cc1ccc(-n2nc(C)c3c(C(=O)NCCN4CCc5ccccc5C4)cc(C)nc32)cc1. The van der Waals surface area contributed by atoms with Crippen molar-refractivity contribution in [3.05, 3.63) is 88.2 Å². The third-order valence-corrected chi connectivity index (χ3v) is 6.39. The van der Waals surface area contributed by atoms with Gasteiger partial charge in [0.1, 0.15) is 0 Å². The highest BCUT2D eigenvalue weighted by atomic mass is 16.1. The molecule has 0 aliphatic carbocycles. The van der Waals surface area contributed by atoms with Gasteiger partial charge in [0.2, 0.25) is 0 Å². The summed E-state index contributed by atoms with van der Waals surface area (Å²) in [6, 6.07) is 18.7. The average molecular weight is 440 g/mol. The third kappa shape index (κ3) is 4.26. The number of fused-ring (bicyclic) bond motifs is 2. The van der Waals surface area contributed by atoms with Crippen LogP contribution in [-0.4, -0.2) is 45.2 Å². The van der Waals surface area contributed by atoms with Gasteiger partial charge in [-0.1, -0.05) is 42.0 Å². The number of aryl methyl sites for hydroxylation is 3. The van der Waals surface area contributed by atoms with Crippen LogP contribution in [0.4, 0.5) is 0 Å². The van der Waals surface area contributed by atoms with E-state index in [1.54, 1.807) is 0 Å². The lowest BCUT2D eigenvalue weighted by atomic mass is 10.00. The van der Waals surface area contributed by atoms with E-state index < -0.39 is 0 Å². The molecule has 0 spiro atoms. The predicted molar refractivity (Wildman–Crippen MR) is 131 cm³/mol. The Morgan fingerprint density at radius 1 is 1.03 bits per heavy atom. The van der Waals surface area contributed by atoms with Crippen molar-refractivity contribution in [2.75, 3.05) is 19.6 Å². The lowest BCUT2D eigenvalue weighted by molar-refractivity contribution is 0.0948. The smallest absolute Gasteiger partial charge is 0.252 e. The highest BCUT2D eigenvalue weighted by molar-refractivity contribution is 6.06. The lowest BCUT2D eigenvalue weighted by Gasteiger charge is -2.28. The normalized spacial score (nSPS) is 13.8. The molecule has 6 heteroatoms. The summed E-state index contributed by atoms with van der Waals surface area (Å²) in [6.45, 7) is 9.31. The molecule has 0 saturated carbocycles. The number of rotatable bonds is 5. The van der Waals surface area contributed by atoms with Crippen LogP contribution in [0.5, 0.6) is 0 Å². The number of nitrogens with one attached hydrogen (secondary N) is 1. The quantitative estimate of drug-likeness (QED) is 0.508. The van der Waals surface area contributed by atoms with Crippen LogP contribution in [0.2, 0.25) is 0 Å². The van der Waals surface area contributed by atoms with Gasteiger partial charge in [0.05, 0.1) is 22.3 Å². The number of carbonyl (C=O) groups excluding carboxylic acids is 1. The van der Waals surface area contributed by atoms with Gasteiger partial charge in [-0.3, -0.25) is 9.69 Å². The molecule has 0 fully saturated rings. The molecule has 6 nitrogen and oxygen atoms in total. The Morgan fingerprint density at radius 3 is 2.58 bits per heavy atom. The van der Waals surface area contributed by atoms with Crippen molar-refractivity contribution >= 4 is 16.9 Å². The molecule has 0 saturated heterocycles. The van der Waals surface area contributed by atoms with Crippen LogP contribution < -0.4 is 5.32 Å². The largest absolute Gasteiger partial charge is 0.351 e. The van der Waals surface area contributed by atoms with E-state index in [0.29, 0.717) is 17.8 Å². The van der Waals surface area contributed by atoms with Gasteiger partial charge in [-0.15, -0.1) is 0 Å². The van der Waals surface area contributed by atoms with Crippen LogP contribution in [0.1, 0.15) is 38.4 Å². The van der Waals surface area contributed by atoms with Crippen molar-refractivity contribution < 1.29 is 4.79 Å². The molecule has 0 radical (unpaired) electrons. The van der Waals surface area contributed by atoms with E-state index in [0.717, 1.165) is 48.5 Å². The molecule has 3 heterocycles. The van der Waals surface area contributed by atoms with Gasteiger partial charge < -0.3 is 5.32 Å². The minimum absolute atomic E-state index is 0.0746. The first-order chi connectivity index (χ1) is 16.0. The predicted octanol–water partition coefficient (Wildman–Crippen LogP) is 4.13. The molecule has 4 aromatic rings. The summed E-state index contributed by atoms with van der Waals surface area (Å²) in [4.78, 5) is 20.3. The van der Waals surface area contributed by atoms with Gasteiger partial charge in [-0.2, -0.15) is 5.10 Å². The summed E-state index contributed by atoms with van der Waals surface area (Å²) in [6.07, 6.45) is 1.06. The zero-order valence-corrected chi connectivity index (χ0v) is 19.4. The van der Waals surface area contributed by atoms with E-state index in [4.69, 9.17) is 10.1 Å². The number of aromatic nitrogens is 3. The topological polar surface area (TPSA) is 63.1 Å². The summed E-state index contributed by atoms with van der Waals surface area (Å²) >= 11 is 0. The maximum atomic E-state index is 13.2. The molecule has 0 unspecified atom stereocenters. The second kappa shape index (κ2) is 8.79. The maximum absolute atomic E-state index is 13.2. The molecule has 2 aromatic carbocycles. The van der Waals surface area contributed by atoms with Crippen LogP contribution in [0.15, 0.2) is 54.6 Å². The lowest BCUT2D eigenvalue weighted by Crippen LogP contribution is -2.37. The number of benzene rings is 2. The van der Waals surface area contributed by atoms with Crippen molar-refractivity contribution in [1.82, 2.24) is 25.0 Å². The fraction of sp³-hybridized carbons (Fsp3) is 0.296. The zero-order valence-electron chi connectivity index (χ0n) is 19.4. The highest BCUT2D eigenvalue weighted by Crippen LogP contribution is 2.25. The molecule has 168 valence electrons. The van der Waals surface area contributed by atoms with Crippen molar-refractivity contribution in [2.24, 2.45) is 0 Å². The number of hydrogen-bond acceptors (Lipinski definition) is 4. The van der Waals surface area contributed by atoms with E-state index in [1.807, 2.05) is 36.7 Å². The van der Waals surface area contributed by atoms with Crippen LogP contribution in [0.3, 0.4) is 0 Å². The molecule has 1 aliphatic rings. The Morgan fingerprint density at radius 2 is 1.79 bits per heavy atom. The highest BCUT2D eigenvalue weighted by Gasteiger charge is 2.20. The molecule has 1 N–H and O–H groups in total. The first-order valence-corrected chi connectivity index (χ1v) is 11.5. The summed E-state index contributed by atoms with van der Waals surface area (Å²) in [7, 11) is 0. The number of hydrogen-bond donors (Lipinski definition) is 1. The van der Waals surface area contributed by atoms with Crippen LogP contribution >= 0.6 is 0 Å². The minimum atomic E-state index is -0.0746. The third-order valence-electron chi connectivity index (χ3n) is 6.39. The number of nitrogens with zero attached hydrogens (tertiary/aromatic N) is 4. The molecule has 0 bridgehead atoms. The Labute approximate surface area is 194 Å². The fourth-order valence-corrected chi connectivity index (χ4v) is 4.63. The summed E-state index contributed by atoms with van der Waals surface area (Å²) in [5.74, 6) is -0.0746. The van der Waals surface area contributed by atoms with E-state index in [9.17, 15) is 4.79 Å². The van der Waals surface area contributed by atoms with E-state index in [1.165, 1.54) is 16.7 Å². The van der Waals surface area contributed by atoms with Crippen LogP contribution in [0.25, 0.3) is 16.7 Å². The molecule has 33 heavy (non-hydrogen) atoms. The van der Waals surface area contributed by atoms with E-state index >= 15 is 0 Å². The van der Waals surface area contributed by atoms with Crippen molar-refractivity contribution in [2.45, 2.75) is 33.7 Å². The summed E-state index contributed by atoms with van der Waals surface area (Å²) in [5.41, 5.74) is 7.91. The van der Waals surface area contributed by atoms with Gasteiger partial charge in [0.25, 0.3) is 5.91 Å². The van der Waals surface area contributed by atoms with E-state index in [-0.39, 0.29) is 5.91 Å². The van der Waals surface area contributed by atoms with Gasteiger partial charge in [-0.05, 0) is 56.5 Å². The number of pyridine rings is 1.